The molecule has 1 heteroatoms. The number of hydrogen-bond acceptors (Lipinski definition) is 0. The number of pyridine rings is 1. The van der Waals surface area contributed by atoms with Gasteiger partial charge in [-0.1, -0.05) is 31.5 Å². The highest BCUT2D eigenvalue weighted by Gasteiger charge is 2.16. The molecule has 2 rings (SSSR count). The van der Waals surface area contributed by atoms with Crippen LogP contribution in [0, 0.1) is 26.5 Å². The van der Waals surface area contributed by atoms with Gasteiger partial charge in [-0.05, 0) is 50.1 Å². The van der Waals surface area contributed by atoms with Crippen LogP contribution in [0.1, 0.15) is 47.1 Å². The minimum Gasteiger partial charge on any atom is -0.201 e. The largest absolute Gasteiger partial charge is 0.212 e. The molecule has 0 radical (unpaired) electrons. The second-order valence-electron chi connectivity index (χ2n) is 5.43. The van der Waals surface area contributed by atoms with E-state index in [2.05, 4.69) is 0 Å². The van der Waals surface area contributed by atoms with Crippen molar-refractivity contribution in [2.24, 2.45) is 13.0 Å². The Morgan fingerprint density at radius 1 is 1.20 bits per heavy atom. The van der Waals surface area contributed by atoms with E-state index >= 15 is 0 Å². The molecule has 0 fully saturated rings. The summed E-state index contributed by atoms with van der Waals surface area (Å²) < 4.78 is 64.9. The Bertz CT molecular complexity index is 879. The maximum absolute atomic E-state index is 8.39. The minimum absolute atomic E-state index is 0.0291. The molecule has 106 valence electrons. The zero-order chi connectivity index (χ0) is 21.7. The third-order valence-electron chi connectivity index (χ3n) is 3.22. The molecular weight excluding hydrogens is 242 g/mol. The van der Waals surface area contributed by atoms with Gasteiger partial charge in [-0.2, -0.15) is 0 Å². The molecule has 20 heavy (non-hydrogen) atoms. The molecule has 2 aromatic rings. The van der Waals surface area contributed by atoms with Crippen LogP contribution in [-0.2, 0) is 13.4 Å². The number of benzene rings is 1. The van der Waals surface area contributed by atoms with Gasteiger partial charge in [0.1, 0.15) is 7.05 Å². The summed E-state index contributed by atoms with van der Waals surface area (Å²) >= 11 is 0. The van der Waals surface area contributed by atoms with Crippen molar-refractivity contribution in [3.8, 4) is 11.3 Å². The summed E-state index contributed by atoms with van der Waals surface area (Å²) in [6.07, 6.45) is -0.270. The molecule has 0 amide bonds. The second kappa shape index (κ2) is 5.78. The van der Waals surface area contributed by atoms with Crippen molar-refractivity contribution in [3.63, 3.8) is 0 Å². The number of rotatable bonds is 3. The van der Waals surface area contributed by atoms with Crippen molar-refractivity contribution >= 4 is 0 Å². The van der Waals surface area contributed by atoms with E-state index in [0.717, 1.165) is 0 Å². The van der Waals surface area contributed by atoms with Gasteiger partial charge in [0, 0.05) is 28.2 Å². The molecule has 1 aromatic carbocycles. The maximum Gasteiger partial charge on any atom is 0.212 e. The Balaban J connectivity index is 2.75. The van der Waals surface area contributed by atoms with Crippen molar-refractivity contribution < 1.29 is 15.5 Å². The lowest BCUT2D eigenvalue weighted by Gasteiger charge is -2.11. The zero-order valence-corrected chi connectivity index (χ0v) is 12.4. The lowest BCUT2D eigenvalue weighted by atomic mass is 9.97. The maximum atomic E-state index is 8.39. The summed E-state index contributed by atoms with van der Waals surface area (Å²) in [6, 6.07) is 6.27. The summed E-state index contributed by atoms with van der Waals surface area (Å²) in [7, 11) is 1.73. The number of nitrogens with zero attached hydrogens (tertiary/aromatic N) is 1. The monoisotopic (exact) mass is 276 g/mol. The fourth-order valence-corrected chi connectivity index (χ4v) is 2.29. The van der Waals surface area contributed by atoms with Gasteiger partial charge < -0.3 is 0 Å². The van der Waals surface area contributed by atoms with Gasteiger partial charge in [0.25, 0.3) is 0 Å². The SMILES string of the molecule is [2H]C([2H])([2H])c1ccc(-c2cc(C([2H])([2H])[2H])c(C([2H])([2H])C(C)C)c[n+]2C)c(C)c1. The van der Waals surface area contributed by atoms with Crippen LogP contribution >= 0.6 is 0 Å². The molecule has 0 atom stereocenters. The first kappa shape index (κ1) is 7.40. The van der Waals surface area contributed by atoms with Crippen LogP contribution in [0.15, 0.2) is 30.5 Å². The van der Waals surface area contributed by atoms with Crippen molar-refractivity contribution in [1.29, 1.82) is 0 Å². The first-order valence-corrected chi connectivity index (χ1v) is 6.73. The summed E-state index contributed by atoms with van der Waals surface area (Å²) in [5.41, 5.74) is 2.34. The molecule has 0 aliphatic carbocycles. The Labute approximate surface area is 134 Å². The molecule has 1 heterocycles. The highest BCUT2D eigenvalue weighted by atomic mass is 14.9. The smallest absolute Gasteiger partial charge is 0.201 e. The molecule has 1 nitrogen and oxygen atoms in total. The van der Waals surface area contributed by atoms with Crippen LogP contribution in [-0.4, -0.2) is 0 Å². The molecular formula is C19H26N+. The Kier molecular flexibility index (Phi) is 2.14. The molecule has 0 spiro atoms. The number of hydrogen-bond donors (Lipinski definition) is 0. The lowest BCUT2D eigenvalue weighted by Crippen LogP contribution is -2.32. The molecule has 0 unspecified atom stereocenters. The third kappa shape index (κ3) is 3.09. The van der Waals surface area contributed by atoms with Crippen molar-refractivity contribution in [3.05, 3.63) is 52.7 Å². The Morgan fingerprint density at radius 3 is 2.60 bits per heavy atom. The van der Waals surface area contributed by atoms with Crippen LogP contribution in [0.25, 0.3) is 11.3 Å². The normalized spacial score (nSPS) is 19.1. The van der Waals surface area contributed by atoms with Crippen molar-refractivity contribution in [1.82, 2.24) is 0 Å². The summed E-state index contributed by atoms with van der Waals surface area (Å²) in [5.74, 6) is -0.403. The second-order valence-corrected chi connectivity index (χ2v) is 5.43. The number of aromatic nitrogens is 1. The van der Waals surface area contributed by atoms with Gasteiger partial charge in [-0.3, -0.25) is 0 Å². The minimum atomic E-state index is -2.48. The van der Waals surface area contributed by atoms with E-state index in [9.17, 15) is 0 Å². The fraction of sp³-hybridized carbons (Fsp3) is 0.421. The molecule has 0 aliphatic rings. The summed E-state index contributed by atoms with van der Waals surface area (Å²) in [5, 5.41) is 0. The van der Waals surface area contributed by atoms with Gasteiger partial charge in [-0.25, -0.2) is 4.57 Å². The quantitative estimate of drug-likeness (QED) is 0.736. The predicted molar refractivity (Wildman–Crippen MR) is 85.8 cm³/mol. The molecule has 0 N–H and O–H groups in total. The van der Waals surface area contributed by atoms with Crippen LogP contribution in [0.5, 0.6) is 0 Å². The van der Waals surface area contributed by atoms with Gasteiger partial charge in [-0.15, -0.1) is 0 Å². The van der Waals surface area contributed by atoms with E-state index in [4.69, 9.17) is 11.0 Å². The third-order valence-corrected chi connectivity index (χ3v) is 3.22. The van der Waals surface area contributed by atoms with E-state index in [-0.39, 0.29) is 16.7 Å². The van der Waals surface area contributed by atoms with E-state index in [1.54, 1.807) is 44.5 Å². The summed E-state index contributed by atoms with van der Waals surface area (Å²) in [6.45, 7) is 0.518. The molecule has 0 aliphatic heterocycles. The number of aryl methyl sites for hydroxylation is 4. The molecule has 0 saturated heterocycles. The summed E-state index contributed by atoms with van der Waals surface area (Å²) in [4.78, 5) is 0. The van der Waals surface area contributed by atoms with Crippen LogP contribution in [0.4, 0.5) is 0 Å². The predicted octanol–water partition coefficient (Wildman–Crippen LogP) is 4.30. The fourth-order valence-electron chi connectivity index (χ4n) is 2.29. The average molecular weight is 276 g/mol. The average Bonchev–Trinajstić information content (AvgIpc) is 2.52. The highest BCUT2D eigenvalue weighted by molar-refractivity contribution is 5.62. The van der Waals surface area contributed by atoms with E-state index in [0.29, 0.717) is 16.8 Å². The van der Waals surface area contributed by atoms with Gasteiger partial charge >= 0.3 is 0 Å². The van der Waals surface area contributed by atoms with Gasteiger partial charge in [0.15, 0.2) is 6.20 Å². The van der Waals surface area contributed by atoms with Crippen molar-refractivity contribution in [2.75, 3.05) is 0 Å². The molecule has 1 aromatic heterocycles. The lowest BCUT2D eigenvalue weighted by molar-refractivity contribution is -0.660. The highest BCUT2D eigenvalue weighted by Crippen LogP contribution is 2.23. The standard InChI is InChI=1S/C19H26N/c1-13(2)9-17-12-20(6)19(11-15(17)4)18-8-7-14(3)10-16(18)5/h7-8,10-13H,9H2,1-6H3/q+1/i3D3,4D3,9D2. The van der Waals surface area contributed by atoms with E-state index in [1.807, 2.05) is 0 Å². The van der Waals surface area contributed by atoms with Crippen LogP contribution in [0.3, 0.4) is 0 Å². The van der Waals surface area contributed by atoms with Crippen LogP contribution < -0.4 is 4.57 Å². The van der Waals surface area contributed by atoms with Gasteiger partial charge in [0.2, 0.25) is 5.69 Å². The van der Waals surface area contributed by atoms with Crippen molar-refractivity contribution in [2.45, 2.75) is 40.8 Å². The molecule has 0 saturated carbocycles. The van der Waals surface area contributed by atoms with Gasteiger partial charge in [0.05, 0.1) is 0 Å². The van der Waals surface area contributed by atoms with E-state index in [1.165, 1.54) is 18.3 Å². The first-order valence-electron chi connectivity index (χ1n) is 10.7. The first-order chi connectivity index (χ1) is 12.6. The Morgan fingerprint density at radius 2 is 2.00 bits per heavy atom. The van der Waals surface area contributed by atoms with Crippen LogP contribution in [0.2, 0.25) is 0 Å². The topological polar surface area (TPSA) is 3.88 Å². The zero-order valence-electron chi connectivity index (χ0n) is 20.4. The van der Waals surface area contributed by atoms with E-state index < -0.39 is 26.0 Å². The Hall–Kier alpha value is -1.63. The molecule has 0 bridgehead atoms.